The van der Waals surface area contributed by atoms with E-state index in [2.05, 4.69) is 24.4 Å². The molecule has 3 heteroatoms. The van der Waals surface area contributed by atoms with Crippen molar-refractivity contribution in [2.75, 3.05) is 13.1 Å². The lowest BCUT2D eigenvalue weighted by Gasteiger charge is -2.15. The summed E-state index contributed by atoms with van der Waals surface area (Å²) in [5.74, 6) is -0.868. The predicted molar refractivity (Wildman–Crippen MR) is 62.6 cm³/mol. The van der Waals surface area contributed by atoms with Crippen LogP contribution in [0.1, 0.15) is 24.0 Å². The maximum atomic E-state index is 11.1. The lowest BCUT2D eigenvalue weighted by atomic mass is 9.88. The highest BCUT2D eigenvalue weighted by molar-refractivity contribution is 5.72. The number of aliphatic carboxylic acids is 1. The van der Waals surface area contributed by atoms with Gasteiger partial charge in [0.25, 0.3) is 0 Å². The number of benzene rings is 1. The van der Waals surface area contributed by atoms with E-state index in [-0.39, 0.29) is 11.8 Å². The molecule has 0 spiro atoms. The van der Waals surface area contributed by atoms with Crippen LogP contribution in [-0.2, 0) is 11.2 Å². The first-order chi connectivity index (χ1) is 7.72. The number of carboxylic acids is 1. The van der Waals surface area contributed by atoms with Crippen molar-refractivity contribution in [3.63, 3.8) is 0 Å². The van der Waals surface area contributed by atoms with Crippen LogP contribution in [0.5, 0.6) is 0 Å². The molecule has 1 fully saturated rings. The van der Waals surface area contributed by atoms with Gasteiger partial charge in [0.1, 0.15) is 0 Å². The maximum absolute atomic E-state index is 11.1. The Hall–Kier alpha value is -1.35. The predicted octanol–water partition coefficient (Wildman–Crippen LogP) is 1.64. The zero-order valence-electron chi connectivity index (χ0n) is 9.44. The fraction of sp³-hybridized carbons (Fsp3) is 0.462. The molecule has 3 nitrogen and oxygen atoms in total. The molecule has 1 aliphatic heterocycles. The Labute approximate surface area is 95.5 Å². The molecular formula is C13H17NO2. The molecule has 0 radical (unpaired) electrons. The Morgan fingerprint density at radius 2 is 2.31 bits per heavy atom. The molecule has 0 unspecified atom stereocenters. The number of carboxylic acid groups (broad SMARTS) is 1. The third-order valence-corrected chi connectivity index (χ3v) is 3.32. The van der Waals surface area contributed by atoms with Gasteiger partial charge in [0.05, 0.1) is 5.92 Å². The number of aryl methyl sites for hydroxylation is 1. The van der Waals surface area contributed by atoms with Gasteiger partial charge in [0.15, 0.2) is 0 Å². The highest BCUT2D eigenvalue weighted by atomic mass is 16.4. The molecular weight excluding hydrogens is 202 g/mol. The highest BCUT2D eigenvalue weighted by Gasteiger charge is 2.33. The van der Waals surface area contributed by atoms with Gasteiger partial charge in [-0.25, -0.2) is 0 Å². The summed E-state index contributed by atoms with van der Waals surface area (Å²) in [4.78, 5) is 11.1. The van der Waals surface area contributed by atoms with E-state index in [1.165, 1.54) is 5.56 Å². The van der Waals surface area contributed by atoms with Gasteiger partial charge < -0.3 is 10.4 Å². The third-order valence-electron chi connectivity index (χ3n) is 3.32. The Kier molecular flexibility index (Phi) is 3.25. The fourth-order valence-corrected chi connectivity index (χ4v) is 2.33. The van der Waals surface area contributed by atoms with Crippen molar-refractivity contribution in [1.82, 2.24) is 5.32 Å². The molecule has 0 saturated carbocycles. The second-order valence-electron chi connectivity index (χ2n) is 4.31. The molecule has 16 heavy (non-hydrogen) atoms. The first-order valence-electron chi connectivity index (χ1n) is 5.74. The maximum Gasteiger partial charge on any atom is 0.308 e. The first kappa shape index (κ1) is 11.1. The monoisotopic (exact) mass is 219 g/mol. The minimum Gasteiger partial charge on any atom is -0.481 e. The Morgan fingerprint density at radius 1 is 1.50 bits per heavy atom. The number of hydrogen-bond donors (Lipinski definition) is 2. The molecule has 0 aromatic heterocycles. The standard InChI is InChI=1S/C13H17NO2/c1-2-9-4-3-5-10(6-9)11-7-14-8-12(11)13(15)16/h3-6,11-12,14H,2,7-8H2,1H3,(H,15,16)/t11-,12+/m0/s1. The largest absolute Gasteiger partial charge is 0.481 e. The summed E-state index contributed by atoms with van der Waals surface area (Å²) in [6.45, 7) is 3.46. The molecule has 0 aliphatic carbocycles. The van der Waals surface area contributed by atoms with Gasteiger partial charge in [-0.1, -0.05) is 31.2 Å². The molecule has 0 amide bonds. The van der Waals surface area contributed by atoms with Crippen LogP contribution in [0.25, 0.3) is 0 Å². The molecule has 1 saturated heterocycles. The van der Waals surface area contributed by atoms with Crippen molar-refractivity contribution in [2.24, 2.45) is 5.92 Å². The summed E-state index contributed by atoms with van der Waals surface area (Å²) < 4.78 is 0. The second kappa shape index (κ2) is 4.66. The summed E-state index contributed by atoms with van der Waals surface area (Å²) in [5.41, 5.74) is 2.42. The van der Waals surface area contributed by atoms with Crippen LogP contribution in [0.4, 0.5) is 0 Å². The minimum atomic E-state index is -0.697. The zero-order valence-corrected chi connectivity index (χ0v) is 9.44. The summed E-state index contributed by atoms with van der Waals surface area (Å²) in [5, 5.41) is 12.3. The number of carbonyl (C=O) groups is 1. The fourth-order valence-electron chi connectivity index (χ4n) is 2.33. The molecule has 0 bridgehead atoms. The molecule has 86 valence electrons. The molecule has 1 aromatic carbocycles. The van der Waals surface area contributed by atoms with Crippen molar-refractivity contribution < 1.29 is 9.90 Å². The van der Waals surface area contributed by atoms with Crippen LogP contribution in [0.2, 0.25) is 0 Å². The topological polar surface area (TPSA) is 49.3 Å². The quantitative estimate of drug-likeness (QED) is 0.812. The van der Waals surface area contributed by atoms with Gasteiger partial charge in [-0.15, -0.1) is 0 Å². The average molecular weight is 219 g/mol. The molecule has 2 atom stereocenters. The lowest BCUT2D eigenvalue weighted by Crippen LogP contribution is -2.21. The SMILES string of the molecule is CCc1cccc([C@@H]2CNC[C@H]2C(=O)O)c1. The van der Waals surface area contributed by atoms with Crippen LogP contribution in [0.3, 0.4) is 0 Å². The molecule has 1 aromatic rings. The van der Waals surface area contributed by atoms with E-state index in [0.29, 0.717) is 6.54 Å². The lowest BCUT2D eigenvalue weighted by molar-refractivity contribution is -0.141. The van der Waals surface area contributed by atoms with E-state index in [1.807, 2.05) is 12.1 Å². The van der Waals surface area contributed by atoms with Crippen molar-refractivity contribution >= 4 is 5.97 Å². The molecule has 1 aliphatic rings. The van der Waals surface area contributed by atoms with E-state index >= 15 is 0 Å². The van der Waals surface area contributed by atoms with Crippen molar-refractivity contribution in [1.29, 1.82) is 0 Å². The first-order valence-corrected chi connectivity index (χ1v) is 5.74. The van der Waals surface area contributed by atoms with Gasteiger partial charge in [-0.3, -0.25) is 4.79 Å². The smallest absolute Gasteiger partial charge is 0.308 e. The van der Waals surface area contributed by atoms with Crippen molar-refractivity contribution in [3.8, 4) is 0 Å². The Bertz CT molecular complexity index is 389. The van der Waals surface area contributed by atoms with E-state index in [9.17, 15) is 4.79 Å². The average Bonchev–Trinajstić information content (AvgIpc) is 2.78. The van der Waals surface area contributed by atoms with E-state index < -0.39 is 5.97 Å². The molecule has 1 heterocycles. The zero-order chi connectivity index (χ0) is 11.5. The van der Waals surface area contributed by atoms with Crippen LogP contribution in [0, 0.1) is 5.92 Å². The summed E-state index contributed by atoms with van der Waals surface area (Å²) in [6, 6.07) is 8.27. The van der Waals surface area contributed by atoms with Crippen LogP contribution < -0.4 is 5.32 Å². The van der Waals surface area contributed by atoms with Gasteiger partial charge in [-0.05, 0) is 17.5 Å². The van der Waals surface area contributed by atoms with Gasteiger partial charge in [0.2, 0.25) is 0 Å². The van der Waals surface area contributed by atoms with Crippen LogP contribution in [-0.4, -0.2) is 24.2 Å². The van der Waals surface area contributed by atoms with Gasteiger partial charge in [0, 0.05) is 19.0 Å². The van der Waals surface area contributed by atoms with Gasteiger partial charge in [-0.2, -0.15) is 0 Å². The summed E-state index contributed by atoms with van der Waals surface area (Å²) >= 11 is 0. The molecule has 2 N–H and O–H groups in total. The second-order valence-corrected chi connectivity index (χ2v) is 4.31. The van der Waals surface area contributed by atoms with E-state index in [0.717, 1.165) is 18.5 Å². The minimum absolute atomic E-state index is 0.115. The van der Waals surface area contributed by atoms with Gasteiger partial charge >= 0.3 is 5.97 Å². The number of nitrogens with one attached hydrogen (secondary N) is 1. The van der Waals surface area contributed by atoms with E-state index in [4.69, 9.17) is 5.11 Å². The van der Waals surface area contributed by atoms with Crippen molar-refractivity contribution in [2.45, 2.75) is 19.3 Å². The normalized spacial score (nSPS) is 24.6. The van der Waals surface area contributed by atoms with E-state index in [1.54, 1.807) is 0 Å². The Morgan fingerprint density at radius 3 is 3.00 bits per heavy atom. The van der Waals surface area contributed by atoms with Crippen LogP contribution in [0.15, 0.2) is 24.3 Å². The summed E-state index contributed by atoms with van der Waals surface area (Å²) in [7, 11) is 0. The molecule has 2 rings (SSSR count). The third kappa shape index (κ3) is 2.09. The number of hydrogen-bond acceptors (Lipinski definition) is 2. The highest BCUT2D eigenvalue weighted by Crippen LogP contribution is 2.28. The Balaban J connectivity index is 2.25. The van der Waals surface area contributed by atoms with Crippen molar-refractivity contribution in [3.05, 3.63) is 35.4 Å². The number of rotatable bonds is 3. The summed E-state index contributed by atoms with van der Waals surface area (Å²) in [6.07, 6.45) is 0.992. The van der Waals surface area contributed by atoms with Crippen LogP contribution >= 0.6 is 0 Å².